The van der Waals surface area contributed by atoms with Crippen LogP contribution in [0, 0.1) is 13.8 Å². The van der Waals surface area contributed by atoms with Crippen LogP contribution in [-0.4, -0.2) is 37.9 Å². The zero-order valence-corrected chi connectivity index (χ0v) is 11.2. The maximum Gasteiger partial charge on any atom is 0.241 e. The van der Waals surface area contributed by atoms with Crippen LogP contribution in [0.3, 0.4) is 0 Å². The second-order valence-corrected chi connectivity index (χ2v) is 5.79. The summed E-state index contributed by atoms with van der Waals surface area (Å²) >= 11 is 0. The average Bonchev–Trinajstić information content (AvgIpc) is 2.32. The quantitative estimate of drug-likeness (QED) is 0.542. The molecule has 0 saturated heterocycles. The minimum absolute atomic E-state index is 0.0532. The summed E-state index contributed by atoms with van der Waals surface area (Å²) in [6.07, 6.45) is 0. The molecule has 0 spiro atoms. The summed E-state index contributed by atoms with van der Waals surface area (Å²) in [6, 6.07) is 2.15. The van der Waals surface area contributed by atoms with Crippen LogP contribution < -0.4 is 10.5 Å². The summed E-state index contributed by atoms with van der Waals surface area (Å²) in [7, 11) is -3.80. The molecule has 0 aliphatic rings. The van der Waals surface area contributed by atoms with E-state index < -0.39 is 29.3 Å². The van der Waals surface area contributed by atoms with Gasteiger partial charge in [0.15, 0.2) is 0 Å². The third-order valence-electron chi connectivity index (χ3n) is 2.74. The highest BCUT2D eigenvalue weighted by Crippen LogP contribution is 2.24. The van der Waals surface area contributed by atoms with Crippen molar-refractivity contribution in [2.24, 2.45) is 0 Å². The van der Waals surface area contributed by atoms with Crippen LogP contribution >= 0.6 is 0 Å². The van der Waals surface area contributed by atoms with Crippen LogP contribution in [0.1, 0.15) is 11.1 Å². The Kier molecular flexibility index (Phi) is 4.69. The maximum atomic E-state index is 12.1. The first-order valence-electron chi connectivity index (χ1n) is 5.43. The molecule has 6 nitrogen and oxygen atoms in total. The number of aliphatic hydroxyl groups is 2. The molecule has 5 N–H and O–H groups in total. The second-order valence-electron chi connectivity index (χ2n) is 4.10. The molecule has 0 heterocycles. The monoisotopic (exact) mass is 274 g/mol. The number of nitrogens with one attached hydrogen (secondary N) is 1. The van der Waals surface area contributed by atoms with Crippen molar-refractivity contribution in [2.45, 2.75) is 24.8 Å². The Balaban J connectivity index is 3.17. The maximum absolute atomic E-state index is 12.1. The lowest BCUT2D eigenvalue weighted by molar-refractivity contribution is 0.185. The molecule has 0 aromatic heterocycles. The van der Waals surface area contributed by atoms with Crippen molar-refractivity contribution in [3.8, 4) is 0 Å². The van der Waals surface area contributed by atoms with Gasteiger partial charge in [0.1, 0.15) is 0 Å². The van der Waals surface area contributed by atoms with E-state index in [1.165, 1.54) is 6.07 Å². The number of hydrogen-bond donors (Lipinski definition) is 4. The van der Waals surface area contributed by atoms with Crippen LogP contribution in [0.5, 0.6) is 0 Å². The fraction of sp³-hybridized carbons (Fsp3) is 0.455. The summed E-state index contributed by atoms with van der Waals surface area (Å²) in [4.78, 5) is 0.0532. The van der Waals surface area contributed by atoms with Gasteiger partial charge in [0.25, 0.3) is 0 Å². The van der Waals surface area contributed by atoms with E-state index in [0.29, 0.717) is 11.3 Å². The van der Waals surface area contributed by atoms with Crippen molar-refractivity contribution < 1.29 is 18.6 Å². The third kappa shape index (κ3) is 2.99. The molecule has 1 aromatic carbocycles. The Labute approximate surface area is 106 Å². The zero-order chi connectivity index (χ0) is 13.9. The highest BCUT2D eigenvalue weighted by Gasteiger charge is 2.22. The first-order valence-corrected chi connectivity index (χ1v) is 6.91. The zero-order valence-electron chi connectivity index (χ0n) is 10.3. The average molecular weight is 274 g/mol. The van der Waals surface area contributed by atoms with Gasteiger partial charge in [-0.1, -0.05) is 6.07 Å². The van der Waals surface area contributed by atoms with Crippen molar-refractivity contribution in [1.82, 2.24) is 4.72 Å². The predicted octanol–water partition coefficient (Wildman–Crippen LogP) is -0.483. The second kappa shape index (κ2) is 5.66. The molecule has 18 heavy (non-hydrogen) atoms. The van der Waals surface area contributed by atoms with Gasteiger partial charge < -0.3 is 15.9 Å². The minimum atomic E-state index is -3.80. The molecule has 0 bridgehead atoms. The molecule has 7 heteroatoms. The summed E-state index contributed by atoms with van der Waals surface area (Å²) in [5, 5.41) is 17.8. The largest absolute Gasteiger partial charge is 0.398 e. The molecule has 0 aliphatic carbocycles. The van der Waals surface area contributed by atoms with Gasteiger partial charge in [-0.15, -0.1) is 0 Å². The van der Waals surface area contributed by atoms with Crippen molar-refractivity contribution in [2.75, 3.05) is 18.9 Å². The van der Waals surface area contributed by atoms with E-state index in [1.54, 1.807) is 19.9 Å². The number of aryl methyl sites for hydroxylation is 1. The molecule has 0 atom stereocenters. The van der Waals surface area contributed by atoms with E-state index in [9.17, 15) is 8.42 Å². The van der Waals surface area contributed by atoms with Crippen molar-refractivity contribution >= 4 is 15.7 Å². The lowest BCUT2D eigenvalue weighted by Crippen LogP contribution is -2.40. The molecule has 0 aliphatic heterocycles. The topological polar surface area (TPSA) is 113 Å². The number of rotatable bonds is 5. The lowest BCUT2D eigenvalue weighted by Gasteiger charge is -2.16. The highest BCUT2D eigenvalue weighted by atomic mass is 32.2. The number of anilines is 1. The molecule has 102 valence electrons. The predicted molar refractivity (Wildman–Crippen MR) is 68.6 cm³/mol. The number of nitrogens with two attached hydrogens (primary N) is 1. The van der Waals surface area contributed by atoms with E-state index in [4.69, 9.17) is 15.9 Å². The molecule has 0 amide bonds. The SMILES string of the molecule is Cc1ccc(S(=O)(=O)NC(CO)CO)c(C)c1N. The van der Waals surface area contributed by atoms with Gasteiger partial charge in [0, 0.05) is 5.69 Å². The Morgan fingerprint density at radius 1 is 1.28 bits per heavy atom. The Bertz CT molecular complexity index is 524. The Morgan fingerprint density at radius 3 is 2.33 bits per heavy atom. The van der Waals surface area contributed by atoms with E-state index >= 15 is 0 Å². The third-order valence-corrected chi connectivity index (χ3v) is 4.40. The van der Waals surface area contributed by atoms with Crippen LogP contribution in [0.15, 0.2) is 17.0 Å². The fourth-order valence-electron chi connectivity index (χ4n) is 1.55. The number of benzene rings is 1. The van der Waals surface area contributed by atoms with Crippen LogP contribution in [-0.2, 0) is 10.0 Å². The molecule has 0 fully saturated rings. The standard InChI is InChI=1S/C11H18N2O4S/c1-7-3-4-10(8(2)11(7)12)18(16,17)13-9(5-14)6-15/h3-4,9,13-15H,5-6,12H2,1-2H3. The fourth-order valence-corrected chi connectivity index (χ4v) is 3.03. The normalized spacial score (nSPS) is 12.1. The lowest BCUT2D eigenvalue weighted by atomic mass is 10.1. The summed E-state index contributed by atoms with van der Waals surface area (Å²) in [6.45, 7) is 2.45. The smallest absolute Gasteiger partial charge is 0.241 e. The van der Waals surface area contributed by atoms with Gasteiger partial charge >= 0.3 is 0 Å². The van der Waals surface area contributed by atoms with Crippen LogP contribution in [0.25, 0.3) is 0 Å². The summed E-state index contributed by atoms with van der Waals surface area (Å²) in [5.41, 5.74) is 7.46. The van der Waals surface area contributed by atoms with Gasteiger partial charge in [0.2, 0.25) is 10.0 Å². The molecule has 0 unspecified atom stereocenters. The van der Waals surface area contributed by atoms with E-state index in [-0.39, 0.29) is 4.90 Å². The Hall–Kier alpha value is -1.15. The van der Waals surface area contributed by atoms with Gasteiger partial charge in [-0.05, 0) is 31.0 Å². The molecular formula is C11H18N2O4S. The molecular weight excluding hydrogens is 256 g/mol. The first-order chi connectivity index (χ1) is 8.33. The minimum Gasteiger partial charge on any atom is -0.398 e. The van der Waals surface area contributed by atoms with E-state index in [0.717, 1.165) is 5.56 Å². The van der Waals surface area contributed by atoms with Gasteiger partial charge in [-0.3, -0.25) is 0 Å². The molecule has 1 rings (SSSR count). The van der Waals surface area contributed by atoms with Gasteiger partial charge in [-0.2, -0.15) is 0 Å². The summed E-state index contributed by atoms with van der Waals surface area (Å²) in [5.74, 6) is 0. The van der Waals surface area contributed by atoms with E-state index in [2.05, 4.69) is 4.72 Å². The van der Waals surface area contributed by atoms with Crippen LogP contribution in [0.4, 0.5) is 5.69 Å². The van der Waals surface area contributed by atoms with Gasteiger partial charge in [-0.25, -0.2) is 13.1 Å². The first kappa shape index (κ1) is 14.9. The Morgan fingerprint density at radius 2 is 1.83 bits per heavy atom. The van der Waals surface area contributed by atoms with Gasteiger partial charge in [0.05, 0.1) is 24.2 Å². The molecule has 0 radical (unpaired) electrons. The highest BCUT2D eigenvalue weighted by molar-refractivity contribution is 7.89. The van der Waals surface area contributed by atoms with Crippen LogP contribution in [0.2, 0.25) is 0 Å². The number of hydrogen-bond acceptors (Lipinski definition) is 5. The number of sulfonamides is 1. The van der Waals surface area contributed by atoms with E-state index in [1.807, 2.05) is 0 Å². The molecule has 0 saturated carbocycles. The molecule has 1 aromatic rings. The van der Waals surface area contributed by atoms with Crippen molar-refractivity contribution in [1.29, 1.82) is 0 Å². The van der Waals surface area contributed by atoms with Crippen molar-refractivity contribution in [3.63, 3.8) is 0 Å². The summed E-state index contributed by atoms with van der Waals surface area (Å²) < 4.78 is 26.3. The van der Waals surface area contributed by atoms with Crippen molar-refractivity contribution in [3.05, 3.63) is 23.3 Å². The number of nitrogen functional groups attached to an aromatic ring is 1. The number of aliphatic hydroxyl groups excluding tert-OH is 2.